The van der Waals surface area contributed by atoms with Gasteiger partial charge in [0.05, 0.1) is 11.0 Å². The van der Waals surface area contributed by atoms with Gasteiger partial charge in [-0.3, -0.25) is 4.79 Å². The van der Waals surface area contributed by atoms with Gasteiger partial charge in [0.1, 0.15) is 12.4 Å². The third-order valence-corrected chi connectivity index (χ3v) is 4.07. The van der Waals surface area contributed by atoms with E-state index in [-0.39, 0.29) is 19.2 Å². The van der Waals surface area contributed by atoms with Crippen LogP contribution in [0.3, 0.4) is 0 Å². The highest BCUT2D eigenvalue weighted by Gasteiger charge is 2.14. The Morgan fingerprint density at radius 3 is 2.96 bits per heavy atom. The summed E-state index contributed by atoms with van der Waals surface area (Å²) in [5.74, 6) is 2.23. The van der Waals surface area contributed by atoms with E-state index in [9.17, 15) is 4.79 Å². The first kappa shape index (κ1) is 14.6. The maximum absolute atomic E-state index is 12.3. The molecule has 6 heteroatoms. The van der Waals surface area contributed by atoms with Crippen LogP contribution in [0.2, 0.25) is 0 Å². The number of carbonyl (C=O) groups excluding carboxylic acids is 1. The number of hydrogen-bond donors (Lipinski definition) is 1. The number of aryl methyl sites for hydroxylation is 1. The van der Waals surface area contributed by atoms with Crippen molar-refractivity contribution in [3.8, 4) is 11.5 Å². The third kappa shape index (κ3) is 2.67. The fourth-order valence-corrected chi connectivity index (χ4v) is 2.85. The van der Waals surface area contributed by atoms with Crippen LogP contribution in [0.4, 0.5) is 0 Å². The zero-order valence-corrected chi connectivity index (χ0v) is 13.3. The van der Waals surface area contributed by atoms with Gasteiger partial charge in [-0.05, 0) is 36.8 Å². The monoisotopic (exact) mass is 323 g/mol. The summed E-state index contributed by atoms with van der Waals surface area (Å²) in [6.07, 6.45) is 0. The van der Waals surface area contributed by atoms with Gasteiger partial charge in [0.25, 0.3) is 0 Å². The van der Waals surface area contributed by atoms with Crippen LogP contribution in [0.15, 0.2) is 42.5 Å². The summed E-state index contributed by atoms with van der Waals surface area (Å²) in [7, 11) is 0. The van der Waals surface area contributed by atoms with Gasteiger partial charge in [-0.25, -0.2) is 4.98 Å². The Kier molecular flexibility index (Phi) is 3.57. The van der Waals surface area contributed by atoms with Crippen LogP contribution in [0.25, 0.3) is 11.0 Å². The lowest BCUT2D eigenvalue weighted by Crippen LogP contribution is -2.27. The standard InChI is InChI=1S/C18H17N3O3/c1-12-20-14-4-2-3-5-15(14)21(12)10-18(22)19-9-13-6-7-16-17(8-13)24-11-23-16/h2-8H,9-11H2,1H3,(H,19,22). The summed E-state index contributed by atoms with van der Waals surface area (Å²) in [4.78, 5) is 16.8. The predicted octanol–water partition coefficient (Wildman–Crippen LogP) is 2.39. The second-order valence-electron chi connectivity index (χ2n) is 5.70. The zero-order chi connectivity index (χ0) is 16.5. The molecule has 1 amide bonds. The van der Waals surface area contributed by atoms with Crippen LogP contribution in [0.1, 0.15) is 11.4 Å². The van der Waals surface area contributed by atoms with E-state index in [4.69, 9.17) is 9.47 Å². The van der Waals surface area contributed by atoms with E-state index in [1.54, 1.807) is 0 Å². The SMILES string of the molecule is Cc1nc2ccccc2n1CC(=O)NCc1ccc2c(c1)OCO2. The van der Waals surface area contributed by atoms with Gasteiger partial charge in [0, 0.05) is 6.54 Å². The number of fused-ring (bicyclic) bond motifs is 2. The average molecular weight is 323 g/mol. The van der Waals surface area contributed by atoms with Gasteiger partial charge in [-0.1, -0.05) is 18.2 Å². The van der Waals surface area contributed by atoms with Gasteiger partial charge in [-0.15, -0.1) is 0 Å². The van der Waals surface area contributed by atoms with Crippen LogP contribution in [0, 0.1) is 6.92 Å². The Bertz CT molecular complexity index is 917. The van der Waals surface area contributed by atoms with E-state index >= 15 is 0 Å². The lowest BCUT2D eigenvalue weighted by Gasteiger charge is -2.09. The summed E-state index contributed by atoms with van der Waals surface area (Å²) in [5, 5.41) is 2.94. The molecule has 0 saturated carbocycles. The fraction of sp³-hybridized carbons (Fsp3) is 0.222. The topological polar surface area (TPSA) is 65.4 Å². The number of aromatic nitrogens is 2. The lowest BCUT2D eigenvalue weighted by molar-refractivity contribution is -0.121. The number of carbonyl (C=O) groups is 1. The van der Waals surface area contributed by atoms with E-state index in [1.165, 1.54) is 0 Å². The number of ether oxygens (including phenoxy) is 2. The summed E-state index contributed by atoms with van der Waals surface area (Å²) >= 11 is 0. The minimum absolute atomic E-state index is 0.0566. The van der Waals surface area contributed by atoms with Crippen molar-refractivity contribution < 1.29 is 14.3 Å². The van der Waals surface area contributed by atoms with E-state index < -0.39 is 0 Å². The van der Waals surface area contributed by atoms with E-state index in [0.29, 0.717) is 6.54 Å². The van der Waals surface area contributed by atoms with Crippen molar-refractivity contribution in [2.24, 2.45) is 0 Å². The van der Waals surface area contributed by atoms with E-state index in [2.05, 4.69) is 10.3 Å². The number of amides is 1. The first-order valence-corrected chi connectivity index (χ1v) is 7.78. The number of nitrogens with zero attached hydrogens (tertiary/aromatic N) is 2. The van der Waals surface area contributed by atoms with Crippen molar-refractivity contribution >= 4 is 16.9 Å². The van der Waals surface area contributed by atoms with Crippen molar-refractivity contribution in [1.82, 2.24) is 14.9 Å². The Labute approximate surface area is 139 Å². The largest absolute Gasteiger partial charge is 0.454 e. The number of nitrogens with one attached hydrogen (secondary N) is 1. The summed E-state index contributed by atoms with van der Waals surface area (Å²) in [6.45, 7) is 2.85. The van der Waals surface area contributed by atoms with Gasteiger partial charge in [-0.2, -0.15) is 0 Å². The van der Waals surface area contributed by atoms with Gasteiger partial charge in [0.2, 0.25) is 12.7 Å². The highest BCUT2D eigenvalue weighted by atomic mass is 16.7. The molecule has 0 saturated heterocycles. The molecule has 2 aromatic carbocycles. The van der Waals surface area contributed by atoms with Crippen molar-refractivity contribution in [3.63, 3.8) is 0 Å². The van der Waals surface area contributed by atoms with Crippen molar-refractivity contribution in [3.05, 3.63) is 53.9 Å². The Hall–Kier alpha value is -3.02. The number of rotatable bonds is 4. The minimum atomic E-state index is -0.0566. The quantitative estimate of drug-likeness (QED) is 0.801. The molecule has 0 fully saturated rings. The Morgan fingerprint density at radius 2 is 2.04 bits per heavy atom. The second kappa shape index (κ2) is 5.88. The van der Waals surface area contributed by atoms with Crippen LogP contribution in [-0.4, -0.2) is 22.3 Å². The van der Waals surface area contributed by atoms with Crippen molar-refractivity contribution in [2.45, 2.75) is 20.0 Å². The molecule has 3 aromatic rings. The Balaban J connectivity index is 1.44. The zero-order valence-electron chi connectivity index (χ0n) is 13.3. The molecule has 1 N–H and O–H groups in total. The molecule has 2 heterocycles. The lowest BCUT2D eigenvalue weighted by atomic mass is 10.2. The third-order valence-electron chi connectivity index (χ3n) is 4.07. The molecule has 0 aliphatic carbocycles. The molecule has 0 bridgehead atoms. The second-order valence-corrected chi connectivity index (χ2v) is 5.70. The predicted molar refractivity (Wildman–Crippen MR) is 88.9 cm³/mol. The fourth-order valence-electron chi connectivity index (χ4n) is 2.85. The highest BCUT2D eigenvalue weighted by molar-refractivity contribution is 5.81. The summed E-state index contributed by atoms with van der Waals surface area (Å²) < 4.78 is 12.6. The van der Waals surface area contributed by atoms with Gasteiger partial charge >= 0.3 is 0 Å². The molecule has 0 unspecified atom stereocenters. The van der Waals surface area contributed by atoms with E-state index in [1.807, 2.05) is 54.0 Å². The van der Waals surface area contributed by atoms with Crippen LogP contribution >= 0.6 is 0 Å². The molecule has 4 rings (SSSR count). The van der Waals surface area contributed by atoms with Crippen LogP contribution in [0.5, 0.6) is 11.5 Å². The molecule has 122 valence electrons. The first-order valence-electron chi connectivity index (χ1n) is 7.78. The molecule has 1 aromatic heterocycles. The first-order chi connectivity index (χ1) is 11.7. The molecule has 6 nitrogen and oxygen atoms in total. The average Bonchev–Trinajstić information content (AvgIpc) is 3.17. The molecule has 24 heavy (non-hydrogen) atoms. The van der Waals surface area contributed by atoms with Crippen molar-refractivity contribution in [1.29, 1.82) is 0 Å². The van der Waals surface area contributed by atoms with Gasteiger partial charge < -0.3 is 19.4 Å². The molecule has 1 aliphatic rings. The normalized spacial score (nSPS) is 12.5. The van der Waals surface area contributed by atoms with Gasteiger partial charge in [0.15, 0.2) is 11.5 Å². The Morgan fingerprint density at radius 1 is 1.21 bits per heavy atom. The van der Waals surface area contributed by atoms with Crippen molar-refractivity contribution in [2.75, 3.05) is 6.79 Å². The maximum atomic E-state index is 12.3. The molecule has 0 spiro atoms. The molecule has 0 atom stereocenters. The number of benzene rings is 2. The smallest absolute Gasteiger partial charge is 0.240 e. The highest BCUT2D eigenvalue weighted by Crippen LogP contribution is 2.32. The molecular formula is C18H17N3O3. The number of imidazole rings is 1. The number of para-hydroxylation sites is 2. The minimum Gasteiger partial charge on any atom is -0.454 e. The summed E-state index contributed by atoms with van der Waals surface area (Å²) in [5.41, 5.74) is 2.84. The number of hydrogen-bond acceptors (Lipinski definition) is 4. The van der Waals surface area contributed by atoms with Crippen LogP contribution < -0.4 is 14.8 Å². The molecular weight excluding hydrogens is 306 g/mol. The van der Waals surface area contributed by atoms with Crippen LogP contribution in [-0.2, 0) is 17.9 Å². The maximum Gasteiger partial charge on any atom is 0.240 e. The summed E-state index contributed by atoms with van der Waals surface area (Å²) in [6, 6.07) is 13.5. The van der Waals surface area contributed by atoms with E-state index in [0.717, 1.165) is 33.9 Å². The molecule has 1 aliphatic heterocycles. The molecule has 0 radical (unpaired) electrons.